The first-order valence-corrected chi connectivity index (χ1v) is 4.83. The lowest BCUT2D eigenvalue weighted by Crippen LogP contribution is -2.31. The van der Waals surface area contributed by atoms with Gasteiger partial charge in [0.25, 0.3) is 0 Å². The van der Waals surface area contributed by atoms with Gasteiger partial charge in [-0.3, -0.25) is 4.99 Å². The summed E-state index contributed by atoms with van der Waals surface area (Å²) >= 11 is 0. The Balaban J connectivity index is 2.11. The zero-order valence-electron chi connectivity index (χ0n) is 8.56. The summed E-state index contributed by atoms with van der Waals surface area (Å²) in [5.74, 6) is 6.60. The molecule has 6 heteroatoms. The van der Waals surface area contributed by atoms with E-state index in [0.717, 1.165) is 12.8 Å². The monoisotopic (exact) mass is 210 g/mol. The molecular formula is C9H14N4O2. The van der Waals surface area contributed by atoms with Crippen LogP contribution in [0.5, 0.6) is 0 Å². The van der Waals surface area contributed by atoms with Crippen LogP contribution in [0.3, 0.4) is 0 Å². The second-order valence-electron chi connectivity index (χ2n) is 3.46. The highest BCUT2D eigenvalue weighted by molar-refractivity contribution is 5.96. The number of ether oxygens (including phenoxy) is 1. The lowest BCUT2D eigenvalue weighted by Gasteiger charge is -1.99. The van der Waals surface area contributed by atoms with Crippen LogP contribution in [0.1, 0.15) is 24.3 Å². The summed E-state index contributed by atoms with van der Waals surface area (Å²) in [5.41, 5.74) is 3.15. The van der Waals surface area contributed by atoms with Crippen LogP contribution in [0.25, 0.3) is 0 Å². The molecule has 1 aliphatic carbocycles. The van der Waals surface area contributed by atoms with Crippen LogP contribution in [-0.2, 0) is 11.3 Å². The SMILES string of the molecule is COCc1cc(C(=NC2CC2)NN)no1. The maximum atomic E-state index is 5.37. The molecule has 0 unspecified atom stereocenters. The van der Waals surface area contributed by atoms with Gasteiger partial charge < -0.3 is 14.7 Å². The summed E-state index contributed by atoms with van der Waals surface area (Å²) in [4.78, 5) is 4.37. The number of hydrogen-bond acceptors (Lipinski definition) is 5. The molecule has 82 valence electrons. The number of amidine groups is 1. The average molecular weight is 210 g/mol. The van der Waals surface area contributed by atoms with Gasteiger partial charge in [0.1, 0.15) is 12.3 Å². The van der Waals surface area contributed by atoms with Gasteiger partial charge >= 0.3 is 0 Å². The van der Waals surface area contributed by atoms with Crippen LogP contribution < -0.4 is 11.3 Å². The van der Waals surface area contributed by atoms with Crippen LogP contribution in [0.2, 0.25) is 0 Å². The molecule has 1 aromatic heterocycles. The minimum atomic E-state index is 0.388. The van der Waals surface area contributed by atoms with Crippen molar-refractivity contribution in [3.63, 3.8) is 0 Å². The third-order valence-electron chi connectivity index (χ3n) is 2.08. The fourth-order valence-electron chi connectivity index (χ4n) is 1.20. The van der Waals surface area contributed by atoms with E-state index in [-0.39, 0.29) is 0 Å². The van der Waals surface area contributed by atoms with Gasteiger partial charge in [-0.15, -0.1) is 0 Å². The predicted molar refractivity (Wildman–Crippen MR) is 54.1 cm³/mol. The van der Waals surface area contributed by atoms with Gasteiger partial charge in [-0.05, 0) is 12.8 Å². The van der Waals surface area contributed by atoms with E-state index in [1.54, 1.807) is 13.2 Å². The number of nitrogens with zero attached hydrogens (tertiary/aromatic N) is 2. The zero-order chi connectivity index (χ0) is 10.7. The molecule has 3 N–H and O–H groups in total. The molecule has 1 aliphatic rings. The Morgan fingerprint density at radius 2 is 2.60 bits per heavy atom. The predicted octanol–water partition coefficient (Wildman–Crippen LogP) is 0.193. The average Bonchev–Trinajstić information content (AvgIpc) is 2.95. The van der Waals surface area contributed by atoms with Crippen molar-refractivity contribution in [2.24, 2.45) is 10.8 Å². The Morgan fingerprint density at radius 3 is 3.20 bits per heavy atom. The van der Waals surface area contributed by atoms with Crippen molar-refractivity contribution in [3.05, 3.63) is 17.5 Å². The molecule has 0 radical (unpaired) electrons. The van der Waals surface area contributed by atoms with Gasteiger partial charge in [0.05, 0.1) is 6.04 Å². The Bertz CT molecular complexity index is 357. The van der Waals surface area contributed by atoms with E-state index in [2.05, 4.69) is 15.6 Å². The first-order chi connectivity index (χ1) is 7.33. The normalized spacial score (nSPS) is 16.8. The first-order valence-electron chi connectivity index (χ1n) is 4.83. The smallest absolute Gasteiger partial charge is 0.165 e. The molecule has 15 heavy (non-hydrogen) atoms. The standard InChI is InChI=1S/C9H14N4O2/c1-14-5-7-4-8(13-15-7)9(12-10)11-6-2-3-6/h4,6H,2-3,5,10H2,1H3,(H,11,12). The number of hydrogen-bond donors (Lipinski definition) is 2. The van der Waals surface area contributed by atoms with Gasteiger partial charge in [0, 0.05) is 13.2 Å². The summed E-state index contributed by atoms with van der Waals surface area (Å²) < 4.78 is 9.96. The van der Waals surface area contributed by atoms with Gasteiger partial charge in [-0.25, -0.2) is 5.84 Å². The molecule has 6 nitrogen and oxygen atoms in total. The van der Waals surface area contributed by atoms with Crippen LogP contribution >= 0.6 is 0 Å². The van der Waals surface area contributed by atoms with Crippen LogP contribution in [-0.4, -0.2) is 24.1 Å². The van der Waals surface area contributed by atoms with E-state index >= 15 is 0 Å². The maximum Gasteiger partial charge on any atom is 0.165 e. The third kappa shape index (κ3) is 2.54. The number of nitrogens with two attached hydrogens (primary N) is 1. The number of methoxy groups -OCH3 is 1. The first kappa shape index (κ1) is 10.1. The van der Waals surface area contributed by atoms with E-state index in [1.165, 1.54) is 0 Å². The molecule has 0 aromatic carbocycles. The summed E-state index contributed by atoms with van der Waals surface area (Å²) in [6.45, 7) is 0.397. The Kier molecular flexibility index (Phi) is 2.98. The number of rotatable bonds is 4. The van der Waals surface area contributed by atoms with E-state index in [0.29, 0.717) is 29.9 Å². The Hall–Kier alpha value is -1.40. The van der Waals surface area contributed by atoms with Crippen molar-refractivity contribution in [2.75, 3.05) is 7.11 Å². The summed E-state index contributed by atoms with van der Waals surface area (Å²) in [5, 5.41) is 3.86. The van der Waals surface area contributed by atoms with Crippen molar-refractivity contribution in [1.82, 2.24) is 10.6 Å². The minimum absolute atomic E-state index is 0.388. The quantitative estimate of drug-likeness (QED) is 0.321. The fraction of sp³-hybridized carbons (Fsp3) is 0.556. The summed E-state index contributed by atoms with van der Waals surface area (Å²) in [6.07, 6.45) is 2.24. The van der Waals surface area contributed by atoms with Crippen LogP contribution in [0.15, 0.2) is 15.6 Å². The van der Waals surface area contributed by atoms with Crippen molar-refractivity contribution in [2.45, 2.75) is 25.5 Å². The molecule has 0 saturated heterocycles. The van der Waals surface area contributed by atoms with Crippen molar-refractivity contribution in [1.29, 1.82) is 0 Å². The van der Waals surface area contributed by atoms with E-state index in [1.807, 2.05) is 0 Å². The number of aromatic nitrogens is 1. The maximum absolute atomic E-state index is 5.37. The highest BCUT2D eigenvalue weighted by atomic mass is 16.5. The molecule has 1 heterocycles. The second-order valence-corrected chi connectivity index (χ2v) is 3.46. The lowest BCUT2D eigenvalue weighted by molar-refractivity contribution is 0.156. The van der Waals surface area contributed by atoms with Crippen molar-refractivity contribution in [3.8, 4) is 0 Å². The van der Waals surface area contributed by atoms with Crippen LogP contribution in [0.4, 0.5) is 0 Å². The summed E-state index contributed by atoms with van der Waals surface area (Å²) in [7, 11) is 1.60. The van der Waals surface area contributed by atoms with Crippen molar-refractivity contribution >= 4 is 5.84 Å². The molecule has 0 atom stereocenters. The second kappa shape index (κ2) is 4.41. The third-order valence-corrected chi connectivity index (χ3v) is 2.08. The van der Waals surface area contributed by atoms with Gasteiger partial charge in [-0.2, -0.15) is 0 Å². The Morgan fingerprint density at radius 1 is 1.80 bits per heavy atom. The molecule has 0 aliphatic heterocycles. The Labute approximate surface area is 87.4 Å². The zero-order valence-corrected chi connectivity index (χ0v) is 8.56. The molecule has 0 spiro atoms. The fourth-order valence-corrected chi connectivity index (χ4v) is 1.20. The lowest BCUT2D eigenvalue weighted by atomic mass is 10.3. The molecule has 0 bridgehead atoms. The van der Waals surface area contributed by atoms with Gasteiger partial charge in [-0.1, -0.05) is 5.16 Å². The largest absolute Gasteiger partial charge is 0.377 e. The topological polar surface area (TPSA) is 85.7 Å². The van der Waals surface area contributed by atoms with E-state index in [9.17, 15) is 0 Å². The molecule has 1 aromatic rings. The molecule has 1 fully saturated rings. The number of nitrogens with one attached hydrogen (secondary N) is 1. The number of hydrazine groups is 1. The minimum Gasteiger partial charge on any atom is -0.377 e. The van der Waals surface area contributed by atoms with Crippen molar-refractivity contribution < 1.29 is 9.26 Å². The molecule has 0 amide bonds. The molecule has 2 rings (SSSR count). The summed E-state index contributed by atoms with van der Waals surface area (Å²) in [6, 6.07) is 2.16. The van der Waals surface area contributed by atoms with Gasteiger partial charge in [0.2, 0.25) is 0 Å². The van der Waals surface area contributed by atoms with Gasteiger partial charge in [0.15, 0.2) is 11.6 Å². The number of aliphatic imine (C=N–C) groups is 1. The van der Waals surface area contributed by atoms with Crippen LogP contribution in [0, 0.1) is 0 Å². The van der Waals surface area contributed by atoms with E-state index in [4.69, 9.17) is 15.1 Å². The molecular weight excluding hydrogens is 196 g/mol. The highest BCUT2D eigenvalue weighted by Gasteiger charge is 2.22. The molecule has 1 saturated carbocycles. The highest BCUT2D eigenvalue weighted by Crippen LogP contribution is 2.24. The van der Waals surface area contributed by atoms with E-state index < -0.39 is 0 Å².